The highest BCUT2D eigenvalue weighted by Gasteiger charge is 2.43. The summed E-state index contributed by atoms with van der Waals surface area (Å²) in [5.41, 5.74) is 2.40. The second-order valence-electron chi connectivity index (χ2n) is 7.05. The topological polar surface area (TPSA) is 58.2 Å². The molecule has 0 aliphatic heterocycles. The first kappa shape index (κ1) is 16.7. The van der Waals surface area contributed by atoms with Gasteiger partial charge >= 0.3 is 0 Å². The van der Waals surface area contributed by atoms with Gasteiger partial charge in [-0.25, -0.2) is 0 Å². The van der Waals surface area contributed by atoms with Gasteiger partial charge in [0.15, 0.2) is 11.6 Å². The molecule has 0 amide bonds. The lowest BCUT2D eigenvalue weighted by Gasteiger charge is -2.36. The zero-order valence-corrected chi connectivity index (χ0v) is 14.6. The van der Waals surface area contributed by atoms with Gasteiger partial charge < -0.3 is 10.6 Å². The summed E-state index contributed by atoms with van der Waals surface area (Å²) in [4.78, 5) is 26.2. The van der Waals surface area contributed by atoms with Crippen LogP contribution in [-0.2, 0) is 0 Å². The summed E-state index contributed by atoms with van der Waals surface area (Å²) < 4.78 is 0. The molecule has 2 atom stereocenters. The SMILES string of the molecule is CC(C)NC1=C2C(=O)c3ccccc3C(=O)C2C(NC(C)C)C=C1. The van der Waals surface area contributed by atoms with Crippen LogP contribution < -0.4 is 10.6 Å². The molecule has 2 unspecified atom stereocenters. The summed E-state index contributed by atoms with van der Waals surface area (Å²) in [7, 11) is 0. The molecule has 2 aliphatic carbocycles. The van der Waals surface area contributed by atoms with Crippen molar-refractivity contribution in [2.75, 3.05) is 0 Å². The van der Waals surface area contributed by atoms with E-state index in [0.717, 1.165) is 5.70 Å². The molecule has 2 N–H and O–H groups in total. The molecule has 2 aliphatic rings. The standard InChI is InChI=1S/C20H24N2O2/c1-11(2)21-15-9-10-16(22-12(3)4)18-17(15)19(23)13-7-5-6-8-14(13)20(18)24/h5-12,15,17,21-22H,1-4H3. The van der Waals surface area contributed by atoms with Crippen LogP contribution in [0.1, 0.15) is 48.4 Å². The minimum absolute atomic E-state index is 0.0192. The lowest BCUT2D eigenvalue weighted by atomic mass is 9.71. The molecule has 0 bridgehead atoms. The minimum Gasteiger partial charge on any atom is -0.383 e. The van der Waals surface area contributed by atoms with E-state index in [1.165, 1.54) is 0 Å². The third-order valence-electron chi connectivity index (χ3n) is 4.36. The fourth-order valence-electron chi connectivity index (χ4n) is 3.49. The van der Waals surface area contributed by atoms with Crippen LogP contribution in [0.25, 0.3) is 0 Å². The molecule has 0 aromatic heterocycles. The van der Waals surface area contributed by atoms with Crippen molar-refractivity contribution in [1.29, 1.82) is 0 Å². The summed E-state index contributed by atoms with van der Waals surface area (Å²) >= 11 is 0. The van der Waals surface area contributed by atoms with Gasteiger partial charge in [0.2, 0.25) is 0 Å². The second-order valence-corrected chi connectivity index (χ2v) is 7.05. The predicted molar refractivity (Wildman–Crippen MR) is 95.1 cm³/mol. The molecule has 0 spiro atoms. The van der Waals surface area contributed by atoms with E-state index in [0.29, 0.717) is 16.7 Å². The number of carbonyl (C=O) groups excluding carboxylic acids is 2. The van der Waals surface area contributed by atoms with Gasteiger partial charge in [0.05, 0.1) is 5.92 Å². The molecular formula is C20H24N2O2. The van der Waals surface area contributed by atoms with E-state index in [-0.39, 0.29) is 29.7 Å². The number of hydrogen-bond donors (Lipinski definition) is 2. The van der Waals surface area contributed by atoms with Gasteiger partial charge in [-0.2, -0.15) is 0 Å². The van der Waals surface area contributed by atoms with Crippen LogP contribution in [0.15, 0.2) is 47.7 Å². The third-order valence-corrected chi connectivity index (χ3v) is 4.36. The molecule has 1 aromatic carbocycles. The molecular weight excluding hydrogens is 300 g/mol. The van der Waals surface area contributed by atoms with Gasteiger partial charge in [-0.1, -0.05) is 44.2 Å². The summed E-state index contributed by atoms with van der Waals surface area (Å²) in [5, 5.41) is 6.74. The first-order valence-electron chi connectivity index (χ1n) is 8.53. The fourth-order valence-corrected chi connectivity index (χ4v) is 3.49. The van der Waals surface area contributed by atoms with Crippen LogP contribution in [0, 0.1) is 5.92 Å². The highest BCUT2D eigenvalue weighted by Crippen LogP contribution is 2.36. The quantitative estimate of drug-likeness (QED) is 0.894. The first-order chi connectivity index (χ1) is 11.4. The van der Waals surface area contributed by atoms with Crippen LogP contribution in [0.5, 0.6) is 0 Å². The van der Waals surface area contributed by atoms with Crippen molar-refractivity contribution in [3.8, 4) is 0 Å². The summed E-state index contributed by atoms with van der Waals surface area (Å²) in [6.07, 6.45) is 3.93. The molecule has 0 fully saturated rings. The van der Waals surface area contributed by atoms with Gasteiger partial charge in [0, 0.05) is 40.5 Å². The van der Waals surface area contributed by atoms with E-state index in [4.69, 9.17) is 0 Å². The van der Waals surface area contributed by atoms with Gasteiger partial charge in [0.25, 0.3) is 0 Å². The zero-order chi connectivity index (χ0) is 17.4. The fraction of sp³-hybridized carbons (Fsp3) is 0.400. The Kier molecular flexibility index (Phi) is 4.41. The van der Waals surface area contributed by atoms with Crippen molar-refractivity contribution in [3.63, 3.8) is 0 Å². The van der Waals surface area contributed by atoms with E-state index < -0.39 is 5.92 Å². The van der Waals surface area contributed by atoms with Crippen molar-refractivity contribution in [3.05, 3.63) is 58.8 Å². The van der Waals surface area contributed by atoms with Crippen LogP contribution in [-0.4, -0.2) is 29.7 Å². The van der Waals surface area contributed by atoms with E-state index in [1.807, 2.05) is 52.0 Å². The van der Waals surface area contributed by atoms with Gasteiger partial charge in [-0.15, -0.1) is 0 Å². The molecule has 126 valence electrons. The number of carbonyl (C=O) groups is 2. The second kappa shape index (κ2) is 6.36. The van der Waals surface area contributed by atoms with E-state index >= 15 is 0 Å². The smallest absolute Gasteiger partial charge is 0.192 e. The maximum atomic E-state index is 13.1. The van der Waals surface area contributed by atoms with Crippen molar-refractivity contribution in [2.24, 2.45) is 5.92 Å². The maximum Gasteiger partial charge on any atom is 0.192 e. The number of fused-ring (bicyclic) bond motifs is 2. The molecule has 0 saturated carbocycles. The van der Waals surface area contributed by atoms with Gasteiger partial charge in [-0.3, -0.25) is 9.59 Å². The van der Waals surface area contributed by atoms with E-state index in [2.05, 4.69) is 10.6 Å². The zero-order valence-electron chi connectivity index (χ0n) is 14.6. The molecule has 24 heavy (non-hydrogen) atoms. The number of Topliss-reactive ketones (excluding diaryl/α,β-unsaturated/α-hetero) is 2. The Morgan fingerprint density at radius 3 is 2.25 bits per heavy atom. The maximum absolute atomic E-state index is 13.1. The van der Waals surface area contributed by atoms with E-state index in [9.17, 15) is 9.59 Å². The number of nitrogens with one attached hydrogen (secondary N) is 2. The van der Waals surface area contributed by atoms with Crippen molar-refractivity contribution < 1.29 is 9.59 Å². The van der Waals surface area contributed by atoms with Crippen LogP contribution in [0.4, 0.5) is 0 Å². The van der Waals surface area contributed by atoms with Crippen molar-refractivity contribution >= 4 is 11.6 Å². The Hall–Kier alpha value is -2.20. The van der Waals surface area contributed by atoms with Crippen LogP contribution in [0.3, 0.4) is 0 Å². The Balaban J connectivity index is 2.15. The number of benzene rings is 1. The largest absolute Gasteiger partial charge is 0.383 e. The molecule has 0 radical (unpaired) electrons. The number of hydrogen-bond acceptors (Lipinski definition) is 4. The van der Waals surface area contributed by atoms with Crippen molar-refractivity contribution in [1.82, 2.24) is 10.6 Å². The lowest BCUT2D eigenvalue weighted by molar-refractivity contribution is 0.0862. The average molecular weight is 324 g/mol. The lowest BCUT2D eigenvalue weighted by Crippen LogP contribution is -2.49. The molecule has 1 aromatic rings. The Morgan fingerprint density at radius 2 is 1.62 bits per heavy atom. The van der Waals surface area contributed by atoms with Gasteiger partial charge in [-0.05, 0) is 19.9 Å². The van der Waals surface area contributed by atoms with E-state index in [1.54, 1.807) is 12.1 Å². The average Bonchev–Trinajstić information content (AvgIpc) is 2.53. The third kappa shape index (κ3) is 2.82. The predicted octanol–water partition coefficient (Wildman–Crippen LogP) is 2.87. The van der Waals surface area contributed by atoms with Crippen LogP contribution >= 0.6 is 0 Å². The Labute approximate surface area is 143 Å². The first-order valence-corrected chi connectivity index (χ1v) is 8.53. The molecule has 4 nitrogen and oxygen atoms in total. The highest BCUT2D eigenvalue weighted by atomic mass is 16.1. The summed E-state index contributed by atoms with van der Waals surface area (Å²) in [5.74, 6) is -0.495. The van der Waals surface area contributed by atoms with Crippen LogP contribution in [0.2, 0.25) is 0 Å². The normalized spacial score (nSPS) is 22.9. The molecule has 3 rings (SSSR count). The number of ketones is 2. The Bertz CT molecular complexity index is 744. The molecule has 0 heterocycles. The summed E-state index contributed by atoms with van der Waals surface area (Å²) in [6.45, 7) is 8.14. The summed E-state index contributed by atoms with van der Waals surface area (Å²) in [6, 6.07) is 7.37. The number of allylic oxidation sites excluding steroid dienone is 1. The molecule has 0 saturated heterocycles. The monoisotopic (exact) mass is 324 g/mol. The Morgan fingerprint density at radius 1 is 0.958 bits per heavy atom. The minimum atomic E-state index is -0.471. The van der Waals surface area contributed by atoms with Crippen molar-refractivity contribution in [2.45, 2.75) is 45.8 Å². The highest BCUT2D eigenvalue weighted by molar-refractivity contribution is 6.24. The van der Waals surface area contributed by atoms with Gasteiger partial charge in [0.1, 0.15) is 0 Å². The number of rotatable bonds is 4. The molecule has 4 heteroatoms.